The first kappa shape index (κ1) is 10.3. The first-order chi connectivity index (χ1) is 5.52. The van der Waals surface area contributed by atoms with Crippen molar-refractivity contribution in [2.24, 2.45) is 0 Å². The lowest BCUT2D eigenvalue weighted by Gasteiger charge is -2.01. The zero-order valence-electron chi connectivity index (χ0n) is 8.02. The van der Waals surface area contributed by atoms with Gasteiger partial charge in [-0.3, -0.25) is 0 Å². The summed E-state index contributed by atoms with van der Waals surface area (Å²) in [6.45, 7) is 8.95. The Morgan fingerprint density at radius 1 is 1.17 bits per heavy atom. The van der Waals surface area contributed by atoms with Gasteiger partial charge in [0.25, 0.3) is 0 Å². The van der Waals surface area contributed by atoms with Crippen molar-refractivity contribution in [1.29, 1.82) is 0 Å². The van der Waals surface area contributed by atoms with E-state index in [1.54, 1.807) is 0 Å². The molecule has 0 fully saturated rings. The van der Waals surface area contributed by atoms with Crippen LogP contribution in [0.2, 0.25) is 0 Å². The molecular weight excluding hydrogens is 232 g/mol. The van der Waals surface area contributed by atoms with Gasteiger partial charge in [0.05, 0.1) is 0 Å². The van der Waals surface area contributed by atoms with Crippen LogP contribution >= 0.6 is 27.3 Å². The average molecular weight is 247 g/mol. The Hall–Kier alpha value is 0.180. The van der Waals surface area contributed by atoms with Crippen molar-refractivity contribution in [3.8, 4) is 0 Å². The minimum atomic E-state index is 0.636. The third kappa shape index (κ3) is 2.11. The molecule has 0 nitrogen and oxygen atoms in total. The summed E-state index contributed by atoms with van der Waals surface area (Å²) in [5, 5.41) is 0. The number of halogens is 1. The Morgan fingerprint density at radius 3 is 2.00 bits per heavy atom. The van der Waals surface area contributed by atoms with E-state index in [0.29, 0.717) is 11.8 Å². The average Bonchev–Trinajstić information content (AvgIpc) is 2.30. The summed E-state index contributed by atoms with van der Waals surface area (Å²) in [5.41, 5.74) is 0. The lowest BCUT2D eigenvalue weighted by molar-refractivity contribution is 0.885. The molecule has 1 aromatic heterocycles. The van der Waals surface area contributed by atoms with E-state index in [1.165, 1.54) is 14.2 Å². The van der Waals surface area contributed by atoms with E-state index in [9.17, 15) is 0 Å². The maximum Gasteiger partial charge on any atom is 0.0320 e. The molecule has 0 bridgehead atoms. The molecule has 68 valence electrons. The van der Waals surface area contributed by atoms with Crippen LogP contribution in [0, 0.1) is 0 Å². The largest absolute Gasteiger partial charge is 0.144 e. The van der Waals surface area contributed by atoms with E-state index >= 15 is 0 Å². The molecule has 0 aliphatic heterocycles. The molecule has 1 heterocycles. The van der Waals surface area contributed by atoms with Crippen LogP contribution in [0.25, 0.3) is 0 Å². The van der Waals surface area contributed by atoms with Crippen LogP contribution in [0.4, 0.5) is 0 Å². The van der Waals surface area contributed by atoms with Crippen molar-refractivity contribution in [3.05, 3.63) is 20.3 Å². The van der Waals surface area contributed by atoms with Gasteiger partial charge < -0.3 is 0 Å². The number of rotatable bonds is 2. The van der Waals surface area contributed by atoms with Crippen molar-refractivity contribution in [3.63, 3.8) is 0 Å². The quantitative estimate of drug-likeness (QED) is 0.707. The maximum absolute atomic E-state index is 3.60. The lowest BCUT2D eigenvalue weighted by atomic mass is 10.1. The normalized spacial score (nSPS) is 11.6. The van der Waals surface area contributed by atoms with Crippen LogP contribution in [0.15, 0.2) is 10.5 Å². The molecule has 0 spiro atoms. The lowest BCUT2D eigenvalue weighted by Crippen LogP contribution is -1.80. The van der Waals surface area contributed by atoms with Crippen molar-refractivity contribution in [2.75, 3.05) is 0 Å². The Labute approximate surface area is 87.1 Å². The molecule has 12 heavy (non-hydrogen) atoms. The van der Waals surface area contributed by atoms with E-state index in [-0.39, 0.29) is 0 Å². The van der Waals surface area contributed by atoms with Crippen LogP contribution in [0.3, 0.4) is 0 Å². The molecule has 1 aromatic rings. The topological polar surface area (TPSA) is 0 Å². The molecule has 0 saturated carbocycles. The van der Waals surface area contributed by atoms with Gasteiger partial charge in [-0.05, 0) is 33.8 Å². The minimum absolute atomic E-state index is 0.636. The Morgan fingerprint density at radius 2 is 1.75 bits per heavy atom. The molecule has 0 N–H and O–H groups in total. The second-order valence-corrected chi connectivity index (χ2v) is 5.64. The van der Waals surface area contributed by atoms with Gasteiger partial charge >= 0.3 is 0 Å². The van der Waals surface area contributed by atoms with E-state index in [1.807, 2.05) is 11.3 Å². The first-order valence-electron chi connectivity index (χ1n) is 4.31. The van der Waals surface area contributed by atoms with Gasteiger partial charge in [0.1, 0.15) is 0 Å². The van der Waals surface area contributed by atoms with E-state index < -0.39 is 0 Å². The predicted octanol–water partition coefficient (Wildman–Crippen LogP) is 4.76. The number of hydrogen-bond donors (Lipinski definition) is 0. The fourth-order valence-electron chi connectivity index (χ4n) is 1.08. The molecule has 0 unspecified atom stereocenters. The van der Waals surface area contributed by atoms with Crippen molar-refractivity contribution < 1.29 is 0 Å². The Bertz CT molecular complexity index is 261. The molecule has 0 radical (unpaired) electrons. The summed E-state index contributed by atoms with van der Waals surface area (Å²) in [4.78, 5) is 2.95. The summed E-state index contributed by atoms with van der Waals surface area (Å²) in [5.74, 6) is 1.29. The number of thiophene rings is 1. The summed E-state index contributed by atoms with van der Waals surface area (Å²) in [6, 6.07) is 2.25. The molecule has 0 aliphatic carbocycles. The summed E-state index contributed by atoms with van der Waals surface area (Å²) >= 11 is 5.53. The van der Waals surface area contributed by atoms with Crippen LogP contribution in [0.5, 0.6) is 0 Å². The van der Waals surface area contributed by atoms with E-state index in [4.69, 9.17) is 0 Å². The third-order valence-corrected chi connectivity index (χ3v) is 4.48. The van der Waals surface area contributed by atoms with Crippen LogP contribution in [0.1, 0.15) is 49.3 Å². The molecule has 2 heteroatoms. The van der Waals surface area contributed by atoms with Crippen LogP contribution in [-0.4, -0.2) is 0 Å². The van der Waals surface area contributed by atoms with Crippen molar-refractivity contribution >= 4 is 27.3 Å². The molecule has 1 rings (SSSR count). The standard InChI is InChI=1S/C10H15BrS/c1-6(2)9-5-8(11)10(12-9)7(3)4/h5-7H,1-4H3. The van der Waals surface area contributed by atoms with Gasteiger partial charge in [-0.15, -0.1) is 11.3 Å². The highest BCUT2D eigenvalue weighted by atomic mass is 79.9. The summed E-state index contributed by atoms with van der Waals surface area (Å²) in [6.07, 6.45) is 0. The van der Waals surface area contributed by atoms with Crippen molar-refractivity contribution in [2.45, 2.75) is 39.5 Å². The van der Waals surface area contributed by atoms with Gasteiger partial charge in [0, 0.05) is 14.2 Å². The zero-order chi connectivity index (χ0) is 9.30. The fraction of sp³-hybridized carbons (Fsp3) is 0.600. The fourth-order valence-corrected chi connectivity index (χ4v) is 3.24. The second-order valence-electron chi connectivity index (χ2n) is 3.67. The monoisotopic (exact) mass is 246 g/mol. The number of hydrogen-bond acceptors (Lipinski definition) is 1. The van der Waals surface area contributed by atoms with Crippen LogP contribution in [-0.2, 0) is 0 Å². The smallest absolute Gasteiger partial charge is 0.0320 e. The predicted molar refractivity (Wildman–Crippen MR) is 60.2 cm³/mol. The van der Waals surface area contributed by atoms with Gasteiger partial charge in [-0.25, -0.2) is 0 Å². The molecule has 0 aliphatic rings. The van der Waals surface area contributed by atoms with Gasteiger partial charge in [-0.2, -0.15) is 0 Å². The van der Waals surface area contributed by atoms with Crippen molar-refractivity contribution in [1.82, 2.24) is 0 Å². The van der Waals surface area contributed by atoms with Gasteiger partial charge in [0.2, 0.25) is 0 Å². The molecule has 0 saturated heterocycles. The highest BCUT2D eigenvalue weighted by Gasteiger charge is 2.11. The minimum Gasteiger partial charge on any atom is -0.144 e. The summed E-state index contributed by atoms with van der Waals surface area (Å²) < 4.78 is 1.28. The Kier molecular flexibility index (Phi) is 3.36. The van der Waals surface area contributed by atoms with E-state index in [2.05, 4.69) is 49.7 Å². The van der Waals surface area contributed by atoms with E-state index in [0.717, 1.165) is 0 Å². The Balaban J connectivity index is 3.00. The molecule has 0 aromatic carbocycles. The zero-order valence-corrected chi connectivity index (χ0v) is 10.4. The maximum atomic E-state index is 3.60. The van der Waals surface area contributed by atoms with Crippen LogP contribution < -0.4 is 0 Å². The highest BCUT2D eigenvalue weighted by molar-refractivity contribution is 9.10. The highest BCUT2D eigenvalue weighted by Crippen LogP contribution is 2.36. The molecular formula is C10H15BrS. The first-order valence-corrected chi connectivity index (χ1v) is 5.92. The molecule has 0 atom stereocenters. The van der Waals surface area contributed by atoms with Gasteiger partial charge in [0.15, 0.2) is 0 Å². The van der Waals surface area contributed by atoms with Gasteiger partial charge in [-0.1, -0.05) is 27.7 Å². The second kappa shape index (κ2) is 3.93. The SMILES string of the molecule is CC(C)c1cc(Br)c(C(C)C)s1. The summed E-state index contributed by atoms with van der Waals surface area (Å²) in [7, 11) is 0. The molecule has 0 amide bonds. The third-order valence-electron chi connectivity index (χ3n) is 1.83.